The van der Waals surface area contributed by atoms with Crippen LogP contribution in [0.2, 0.25) is 0 Å². The summed E-state index contributed by atoms with van der Waals surface area (Å²) in [4.78, 5) is 18.3. The molecule has 0 radical (unpaired) electrons. The molecule has 0 amide bonds. The van der Waals surface area contributed by atoms with Crippen LogP contribution in [-0.2, 0) is 20.0 Å². The zero-order valence-electron chi connectivity index (χ0n) is 16.0. The van der Waals surface area contributed by atoms with Crippen LogP contribution in [0, 0.1) is 5.92 Å². The van der Waals surface area contributed by atoms with Gasteiger partial charge in [0.15, 0.2) is 0 Å². The molecule has 0 bridgehead atoms. The molecule has 1 aromatic carbocycles. The van der Waals surface area contributed by atoms with Gasteiger partial charge in [0.1, 0.15) is 17.3 Å². The second-order valence-corrected chi connectivity index (χ2v) is 7.52. The minimum Gasteiger partial charge on any atom is -0.478 e. The number of imidazole rings is 1. The Kier molecular flexibility index (Phi) is 5.30. The molecule has 1 fully saturated rings. The molecule has 0 aliphatic carbocycles. The van der Waals surface area contributed by atoms with Crippen LogP contribution in [0.25, 0.3) is 11.3 Å². The zero-order valence-corrected chi connectivity index (χ0v) is 16.0. The first-order valence-electron chi connectivity index (χ1n) is 9.70. The van der Waals surface area contributed by atoms with E-state index < -0.39 is 5.97 Å². The Labute approximate surface area is 164 Å². The van der Waals surface area contributed by atoms with Gasteiger partial charge in [-0.25, -0.2) is 9.78 Å². The van der Waals surface area contributed by atoms with Gasteiger partial charge in [-0.15, -0.1) is 0 Å². The molecular formula is C22H25N3O3. The monoisotopic (exact) mass is 379 g/mol. The highest BCUT2D eigenvalue weighted by atomic mass is 16.4. The lowest BCUT2D eigenvalue weighted by Crippen LogP contribution is -2.35. The van der Waals surface area contributed by atoms with Crippen molar-refractivity contribution in [2.24, 2.45) is 13.0 Å². The number of benzene rings is 1. The molecule has 3 aromatic rings. The first kappa shape index (κ1) is 18.5. The molecule has 146 valence electrons. The van der Waals surface area contributed by atoms with E-state index in [1.54, 1.807) is 18.2 Å². The van der Waals surface area contributed by atoms with Crippen LogP contribution in [0.1, 0.15) is 34.8 Å². The number of likely N-dealkylation sites (tertiary alicyclic amines) is 1. The van der Waals surface area contributed by atoms with Gasteiger partial charge in [0.05, 0.1) is 12.1 Å². The van der Waals surface area contributed by atoms with Gasteiger partial charge in [0.25, 0.3) is 0 Å². The molecule has 1 aliphatic rings. The van der Waals surface area contributed by atoms with Crippen molar-refractivity contribution in [2.75, 3.05) is 13.1 Å². The van der Waals surface area contributed by atoms with E-state index in [2.05, 4.69) is 14.5 Å². The predicted octanol–water partition coefficient (Wildman–Crippen LogP) is 3.83. The lowest BCUT2D eigenvalue weighted by atomic mass is 9.94. The largest absolute Gasteiger partial charge is 0.478 e. The third-order valence-corrected chi connectivity index (χ3v) is 5.46. The second-order valence-electron chi connectivity index (χ2n) is 7.52. The summed E-state index contributed by atoms with van der Waals surface area (Å²) in [5.74, 6) is 2.26. The molecule has 1 unspecified atom stereocenters. The predicted molar refractivity (Wildman–Crippen MR) is 106 cm³/mol. The second kappa shape index (κ2) is 8.02. The fraction of sp³-hybridized carbons (Fsp3) is 0.364. The first-order valence-corrected chi connectivity index (χ1v) is 9.70. The van der Waals surface area contributed by atoms with Crippen LogP contribution >= 0.6 is 0 Å². The van der Waals surface area contributed by atoms with E-state index in [4.69, 9.17) is 4.42 Å². The van der Waals surface area contributed by atoms with Gasteiger partial charge in [0.2, 0.25) is 0 Å². The number of nitrogens with zero attached hydrogens (tertiary/aromatic N) is 3. The Hall–Kier alpha value is -2.86. The summed E-state index contributed by atoms with van der Waals surface area (Å²) < 4.78 is 8.10. The molecule has 6 nitrogen and oxygen atoms in total. The highest BCUT2D eigenvalue weighted by Gasteiger charge is 2.22. The average Bonchev–Trinajstić information content (AvgIpc) is 3.31. The third kappa shape index (κ3) is 4.02. The normalized spacial score (nSPS) is 17.7. The number of aromatic carboxylic acids is 1. The van der Waals surface area contributed by atoms with Crippen molar-refractivity contribution in [3.63, 3.8) is 0 Å². The smallest absolute Gasteiger partial charge is 0.336 e. The van der Waals surface area contributed by atoms with Crippen molar-refractivity contribution in [3.05, 3.63) is 65.9 Å². The van der Waals surface area contributed by atoms with Gasteiger partial charge in [-0.1, -0.05) is 18.2 Å². The van der Waals surface area contributed by atoms with Crippen LogP contribution in [0.4, 0.5) is 0 Å². The van der Waals surface area contributed by atoms with E-state index in [0.29, 0.717) is 17.2 Å². The van der Waals surface area contributed by atoms with Crippen LogP contribution in [0.5, 0.6) is 0 Å². The molecule has 0 spiro atoms. The van der Waals surface area contributed by atoms with Gasteiger partial charge in [-0.3, -0.25) is 4.90 Å². The molecule has 3 heterocycles. The Bertz CT molecular complexity index is 959. The van der Waals surface area contributed by atoms with E-state index in [1.165, 1.54) is 12.8 Å². The number of aromatic nitrogens is 2. The maximum Gasteiger partial charge on any atom is 0.336 e. The summed E-state index contributed by atoms with van der Waals surface area (Å²) in [6.07, 6.45) is 7.24. The Morgan fingerprint density at radius 1 is 1.29 bits per heavy atom. The fourth-order valence-corrected chi connectivity index (χ4v) is 4.03. The van der Waals surface area contributed by atoms with Gasteiger partial charge in [0, 0.05) is 38.0 Å². The van der Waals surface area contributed by atoms with Crippen molar-refractivity contribution in [2.45, 2.75) is 25.8 Å². The number of hydrogen-bond acceptors (Lipinski definition) is 4. The van der Waals surface area contributed by atoms with Crippen LogP contribution in [-0.4, -0.2) is 38.6 Å². The van der Waals surface area contributed by atoms with Gasteiger partial charge in [-0.2, -0.15) is 0 Å². The number of carboxylic acids is 1. The lowest BCUT2D eigenvalue weighted by Gasteiger charge is -2.32. The van der Waals surface area contributed by atoms with Crippen LogP contribution in [0.15, 0.2) is 53.2 Å². The number of rotatable bonds is 6. The molecule has 1 N–H and O–H groups in total. The van der Waals surface area contributed by atoms with E-state index in [9.17, 15) is 9.90 Å². The van der Waals surface area contributed by atoms with Gasteiger partial charge in [-0.05, 0) is 43.5 Å². The SMILES string of the molecule is Cn1ccnc1CC1CCCN(Cc2ccc(-c3ccccc3C(=O)O)o2)C1. The minimum absolute atomic E-state index is 0.261. The van der Waals surface area contributed by atoms with Crippen LogP contribution in [0.3, 0.4) is 0 Å². The third-order valence-electron chi connectivity index (χ3n) is 5.46. The molecular weight excluding hydrogens is 354 g/mol. The molecule has 0 saturated carbocycles. The number of carbonyl (C=O) groups is 1. The zero-order chi connectivity index (χ0) is 19.5. The molecule has 4 rings (SSSR count). The van der Waals surface area contributed by atoms with Crippen molar-refractivity contribution in [1.82, 2.24) is 14.5 Å². The standard InChI is InChI=1S/C22H25N3O3/c1-24-12-10-23-21(24)13-16-5-4-11-25(14-16)15-17-8-9-20(28-17)18-6-2-3-7-19(18)22(26)27/h2-3,6-10,12,16H,4-5,11,13-15H2,1H3,(H,26,27). The first-order chi connectivity index (χ1) is 13.6. The van der Waals surface area contributed by atoms with Crippen molar-refractivity contribution in [1.29, 1.82) is 0 Å². The quantitative estimate of drug-likeness (QED) is 0.705. The van der Waals surface area contributed by atoms with Crippen molar-refractivity contribution < 1.29 is 14.3 Å². The van der Waals surface area contributed by atoms with Gasteiger partial charge >= 0.3 is 5.97 Å². The molecule has 1 saturated heterocycles. The molecule has 1 atom stereocenters. The molecule has 2 aromatic heterocycles. The highest BCUT2D eigenvalue weighted by Crippen LogP contribution is 2.28. The highest BCUT2D eigenvalue weighted by molar-refractivity contribution is 5.95. The topological polar surface area (TPSA) is 71.5 Å². The summed E-state index contributed by atoms with van der Waals surface area (Å²) in [5.41, 5.74) is 0.879. The lowest BCUT2D eigenvalue weighted by molar-refractivity contribution is 0.0697. The molecule has 1 aliphatic heterocycles. The van der Waals surface area contributed by atoms with Crippen molar-refractivity contribution >= 4 is 5.97 Å². The van der Waals surface area contributed by atoms with E-state index in [1.807, 2.05) is 37.6 Å². The Morgan fingerprint density at radius 3 is 2.93 bits per heavy atom. The van der Waals surface area contributed by atoms with Gasteiger partial charge < -0.3 is 14.1 Å². The minimum atomic E-state index is -0.943. The van der Waals surface area contributed by atoms with E-state index in [-0.39, 0.29) is 5.56 Å². The molecule has 6 heteroatoms. The van der Waals surface area contributed by atoms with Crippen molar-refractivity contribution in [3.8, 4) is 11.3 Å². The Morgan fingerprint density at radius 2 is 2.14 bits per heavy atom. The number of hydrogen-bond donors (Lipinski definition) is 1. The summed E-state index contributed by atoms with van der Waals surface area (Å²) in [6, 6.07) is 10.8. The maximum absolute atomic E-state index is 11.5. The number of carboxylic acid groups (broad SMARTS) is 1. The number of furan rings is 1. The molecule has 28 heavy (non-hydrogen) atoms. The summed E-state index contributed by atoms with van der Waals surface area (Å²) in [7, 11) is 2.04. The number of piperidine rings is 1. The summed E-state index contributed by atoms with van der Waals surface area (Å²) >= 11 is 0. The number of aryl methyl sites for hydroxylation is 1. The summed E-state index contributed by atoms with van der Waals surface area (Å²) in [5, 5.41) is 9.39. The fourth-order valence-electron chi connectivity index (χ4n) is 4.03. The Balaban J connectivity index is 1.43. The summed E-state index contributed by atoms with van der Waals surface area (Å²) in [6.45, 7) is 2.82. The van der Waals surface area contributed by atoms with E-state index >= 15 is 0 Å². The average molecular weight is 379 g/mol. The van der Waals surface area contributed by atoms with E-state index in [0.717, 1.165) is 37.6 Å². The maximum atomic E-state index is 11.5. The van der Waals surface area contributed by atoms with Crippen LogP contribution < -0.4 is 0 Å².